The van der Waals surface area contributed by atoms with E-state index in [1.807, 2.05) is 25.1 Å². The third kappa shape index (κ3) is 4.27. The molecular formula is C21H24N4O. The topological polar surface area (TPSA) is 60.2 Å². The molecule has 1 aliphatic rings. The van der Waals surface area contributed by atoms with Crippen molar-refractivity contribution in [3.05, 3.63) is 65.5 Å². The number of hydrogen-bond acceptors (Lipinski definition) is 4. The monoisotopic (exact) mass is 348 g/mol. The molecule has 0 N–H and O–H groups in total. The summed E-state index contributed by atoms with van der Waals surface area (Å²) in [6.45, 7) is 4.50. The minimum atomic E-state index is -0.217. The minimum absolute atomic E-state index is 0.0604. The lowest BCUT2D eigenvalue weighted by Gasteiger charge is -2.35. The van der Waals surface area contributed by atoms with E-state index in [2.05, 4.69) is 40.2 Å². The van der Waals surface area contributed by atoms with Gasteiger partial charge in [0.05, 0.1) is 30.8 Å². The summed E-state index contributed by atoms with van der Waals surface area (Å²) in [7, 11) is 0. The van der Waals surface area contributed by atoms with E-state index in [0.717, 1.165) is 25.2 Å². The van der Waals surface area contributed by atoms with E-state index >= 15 is 0 Å². The third-order valence-corrected chi connectivity index (χ3v) is 4.95. The Bertz CT molecular complexity index is 784. The number of fused-ring (bicyclic) bond motifs is 1. The molecule has 1 atom stereocenters. The standard InChI is InChI=1S/C21H24N4O/c1-17(24-14-10-18-7-2-3-8-19(18)15-24)21(26)25(13-6-11-22)16-20-9-4-5-12-23-20/h2-5,7-9,12,17H,6,10,13-16H2,1H3/t17-/m0/s1. The maximum absolute atomic E-state index is 13.1. The summed E-state index contributed by atoms with van der Waals surface area (Å²) < 4.78 is 0. The number of rotatable bonds is 6. The van der Waals surface area contributed by atoms with Gasteiger partial charge in [-0.3, -0.25) is 14.7 Å². The molecule has 134 valence electrons. The maximum atomic E-state index is 13.1. The smallest absolute Gasteiger partial charge is 0.240 e. The first-order valence-corrected chi connectivity index (χ1v) is 9.05. The number of benzene rings is 1. The number of amides is 1. The van der Waals surface area contributed by atoms with Crippen LogP contribution in [0.3, 0.4) is 0 Å². The Morgan fingerprint density at radius 3 is 2.77 bits per heavy atom. The molecule has 0 saturated heterocycles. The van der Waals surface area contributed by atoms with Crippen LogP contribution in [-0.2, 0) is 24.3 Å². The molecule has 0 unspecified atom stereocenters. The summed E-state index contributed by atoms with van der Waals surface area (Å²) >= 11 is 0. The van der Waals surface area contributed by atoms with Crippen LogP contribution in [0.4, 0.5) is 0 Å². The van der Waals surface area contributed by atoms with Crippen LogP contribution in [0.25, 0.3) is 0 Å². The third-order valence-electron chi connectivity index (χ3n) is 4.95. The van der Waals surface area contributed by atoms with E-state index in [9.17, 15) is 4.79 Å². The predicted molar refractivity (Wildman–Crippen MR) is 99.9 cm³/mol. The Hall–Kier alpha value is -2.71. The van der Waals surface area contributed by atoms with Gasteiger partial charge in [0.2, 0.25) is 5.91 Å². The molecule has 0 bridgehead atoms. The zero-order valence-electron chi connectivity index (χ0n) is 15.1. The van der Waals surface area contributed by atoms with Crippen molar-refractivity contribution in [3.63, 3.8) is 0 Å². The van der Waals surface area contributed by atoms with Crippen LogP contribution in [0.15, 0.2) is 48.7 Å². The van der Waals surface area contributed by atoms with Crippen molar-refractivity contribution in [1.82, 2.24) is 14.8 Å². The van der Waals surface area contributed by atoms with Crippen molar-refractivity contribution >= 4 is 5.91 Å². The van der Waals surface area contributed by atoms with Gasteiger partial charge in [0.1, 0.15) is 0 Å². The van der Waals surface area contributed by atoms with Gasteiger partial charge < -0.3 is 4.90 Å². The summed E-state index contributed by atoms with van der Waals surface area (Å²) in [5, 5.41) is 8.95. The molecule has 1 aromatic carbocycles. The number of nitrogens with zero attached hydrogens (tertiary/aromatic N) is 4. The molecule has 5 nitrogen and oxygen atoms in total. The van der Waals surface area contributed by atoms with Gasteiger partial charge in [-0.1, -0.05) is 30.3 Å². The molecule has 0 saturated carbocycles. The predicted octanol–water partition coefficient (Wildman–Crippen LogP) is 2.77. The van der Waals surface area contributed by atoms with E-state index in [-0.39, 0.29) is 11.9 Å². The highest BCUT2D eigenvalue weighted by atomic mass is 16.2. The highest BCUT2D eigenvalue weighted by molar-refractivity contribution is 5.81. The van der Waals surface area contributed by atoms with E-state index in [1.54, 1.807) is 11.1 Å². The summed E-state index contributed by atoms with van der Waals surface area (Å²) in [4.78, 5) is 21.4. The van der Waals surface area contributed by atoms with Gasteiger partial charge in [-0.05, 0) is 36.6 Å². The zero-order valence-corrected chi connectivity index (χ0v) is 15.1. The molecule has 1 aliphatic heterocycles. The molecule has 5 heteroatoms. The van der Waals surface area contributed by atoms with Crippen molar-refractivity contribution in [2.75, 3.05) is 13.1 Å². The second-order valence-electron chi connectivity index (χ2n) is 6.65. The lowest BCUT2D eigenvalue weighted by molar-refractivity contribution is -0.137. The molecule has 2 heterocycles. The van der Waals surface area contributed by atoms with Crippen LogP contribution in [0.5, 0.6) is 0 Å². The summed E-state index contributed by atoms with van der Waals surface area (Å²) in [5.74, 6) is 0.0604. The Labute approximate surface area is 154 Å². The van der Waals surface area contributed by atoms with Crippen molar-refractivity contribution in [3.8, 4) is 6.07 Å². The van der Waals surface area contributed by atoms with E-state index < -0.39 is 0 Å². The zero-order chi connectivity index (χ0) is 18.4. The Kier molecular flexibility index (Phi) is 5.98. The molecule has 0 aliphatic carbocycles. The van der Waals surface area contributed by atoms with Gasteiger partial charge in [-0.2, -0.15) is 5.26 Å². The molecule has 0 spiro atoms. The van der Waals surface area contributed by atoms with Gasteiger partial charge in [0.25, 0.3) is 0 Å². The number of aromatic nitrogens is 1. The van der Waals surface area contributed by atoms with Gasteiger partial charge in [-0.15, -0.1) is 0 Å². The highest BCUT2D eigenvalue weighted by Crippen LogP contribution is 2.21. The van der Waals surface area contributed by atoms with Crippen molar-refractivity contribution in [2.45, 2.75) is 38.9 Å². The second kappa shape index (κ2) is 8.59. The molecule has 0 fully saturated rings. The first-order chi connectivity index (χ1) is 12.7. The molecular weight excluding hydrogens is 324 g/mol. The van der Waals surface area contributed by atoms with Crippen LogP contribution >= 0.6 is 0 Å². The SMILES string of the molecule is C[C@@H](C(=O)N(CCC#N)Cc1ccccn1)N1CCc2ccccc2C1. The fourth-order valence-electron chi connectivity index (χ4n) is 3.41. The Balaban J connectivity index is 1.70. The lowest BCUT2D eigenvalue weighted by atomic mass is 9.98. The van der Waals surface area contributed by atoms with Crippen LogP contribution in [0, 0.1) is 11.3 Å². The van der Waals surface area contributed by atoms with Crippen molar-refractivity contribution < 1.29 is 4.79 Å². The van der Waals surface area contributed by atoms with Gasteiger partial charge in [-0.25, -0.2) is 0 Å². The van der Waals surface area contributed by atoms with Crippen LogP contribution in [0.2, 0.25) is 0 Å². The van der Waals surface area contributed by atoms with Crippen molar-refractivity contribution in [1.29, 1.82) is 5.26 Å². The number of carbonyl (C=O) groups excluding carboxylic acids is 1. The van der Waals surface area contributed by atoms with E-state index in [1.165, 1.54) is 11.1 Å². The fraction of sp³-hybridized carbons (Fsp3) is 0.381. The number of nitriles is 1. The normalized spacial score (nSPS) is 14.9. The summed E-state index contributed by atoms with van der Waals surface area (Å²) in [6, 6.07) is 16.0. The summed E-state index contributed by atoms with van der Waals surface area (Å²) in [5.41, 5.74) is 3.51. The molecule has 1 amide bonds. The second-order valence-corrected chi connectivity index (χ2v) is 6.65. The summed E-state index contributed by atoms with van der Waals surface area (Å²) in [6.07, 6.45) is 3.02. The fourth-order valence-corrected chi connectivity index (χ4v) is 3.41. The number of hydrogen-bond donors (Lipinski definition) is 0. The first kappa shape index (κ1) is 18.1. The Morgan fingerprint density at radius 1 is 1.27 bits per heavy atom. The molecule has 26 heavy (non-hydrogen) atoms. The van der Waals surface area contributed by atoms with Crippen molar-refractivity contribution in [2.24, 2.45) is 0 Å². The maximum Gasteiger partial charge on any atom is 0.240 e. The van der Waals surface area contributed by atoms with Gasteiger partial charge in [0, 0.05) is 25.8 Å². The minimum Gasteiger partial charge on any atom is -0.334 e. The van der Waals surface area contributed by atoms with Crippen LogP contribution in [0.1, 0.15) is 30.2 Å². The average molecular weight is 348 g/mol. The molecule has 3 rings (SSSR count). The van der Waals surface area contributed by atoms with E-state index in [4.69, 9.17) is 5.26 Å². The molecule has 2 aromatic rings. The molecule has 0 radical (unpaired) electrons. The van der Waals surface area contributed by atoms with Gasteiger partial charge >= 0.3 is 0 Å². The van der Waals surface area contributed by atoms with E-state index in [0.29, 0.717) is 19.5 Å². The van der Waals surface area contributed by atoms with Crippen LogP contribution < -0.4 is 0 Å². The number of carbonyl (C=O) groups is 1. The van der Waals surface area contributed by atoms with Gasteiger partial charge in [0.15, 0.2) is 0 Å². The number of pyridine rings is 1. The van der Waals surface area contributed by atoms with Crippen LogP contribution in [-0.4, -0.2) is 39.8 Å². The first-order valence-electron chi connectivity index (χ1n) is 9.05. The highest BCUT2D eigenvalue weighted by Gasteiger charge is 2.28. The lowest BCUT2D eigenvalue weighted by Crippen LogP contribution is -2.48. The molecule has 1 aromatic heterocycles. The average Bonchev–Trinajstić information content (AvgIpc) is 2.70. The largest absolute Gasteiger partial charge is 0.334 e. The quantitative estimate of drug-likeness (QED) is 0.805. The Morgan fingerprint density at radius 2 is 2.04 bits per heavy atom.